The highest BCUT2D eigenvalue weighted by Crippen LogP contribution is 2.30. The predicted octanol–water partition coefficient (Wildman–Crippen LogP) is 6.30. The Morgan fingerprint density at radius 3 is 2.49 bits per heavy atom. The van der Waals surface area contributed by atoms with Crippen LogP contribution in [0.3, 0.4) is 0 Å². The molecule has 4 rings (SSSR count). The highest BCUT2D eigenvalue weighted by atomic mass is 79.9. The maximum atomic E-state index is 12.4. The van der Waals surface area contributed by atoms with Crippen LogP contribution in [0, 0.1) is 5.92 Å². The van der Waals surface area contributed by atoms with Crippen molar-refractivity contribution in [3.8, 4) is 5.75 Å². The van der Waals surface area contributed by atoms with Crippen LogP contribution in [0.2, 0.25) is 0 Å². The van der Waals surface area contributed by atoms with Crippen molar-refractivity contribution in [2.75, 3.05) is 31.3 Å². The number of nitrogen functional groups attached to an aromatic ring is 1. The first-order chi connectivity index (χ1) is 16.6. The van der Waals surface area contributed by atoms with Gasteiger partial charge >= 0.3 is 6.36 Å². The molecule has 0 bridgehead atoms. The van der Waals surface area contributed by atoms with Crippen LogP contribution in [0.4, 0.5) is 24.9 Å². The molecule has 6 nitrogen and oxygen atoms in total. The van der Waals surface area contributed by atoms with Gasteiger partial charge in [-0.1, -0.05) is 53.4 Å². The minimum absolute atomic E-state index is 0.145. The molecular formula is C25H31BrF3N5O. The molecule has 3 aromatic rings. The first kappa shape index (κ1) is 27.0. The number of halogens is 4. The number of anilines is 2. The number of hydrogen-bond donors (Lipinski definition) is 2. The van der Waals surface area contributed by atoms with E-state index in [9.17, 15) is 13.2 Å². The van der Waals surface area contributed by atoms with Gasteiger partial charge in [0.2, 0.25) is 5.95 Å². The molecule has 0 saturated heterocycles. The van der Waals surface area contributed by atoms with E-state index in [1.165, 1.54) is 38.2 Å². The van der Waals surface area contributed by atoms with E-state index in [0.717, 1.165) is 23.3 Å². The van der Waals surface area contributed by atoms with Crippen LogP contribution in [-0.4, -0.2) is 37.0 Å². The van der Waals surface area contributed by atoms with Crippen LogP contribution in [0.15, 0.2) is 46.9 Å². The molecule has 0 radical (unpaired) electrons. The monoisotopic (exact) mass is 553 g/mol. The summed E-state index contributed by atoms with van der Waals surface area (Å²) in [5.41, 5.74) is 7.01. The van der Waals surface area contributed by atoms with Crippen molar-refractivity contribution in [3.05, 3.63) is 52.5 Å². The van der Waals surface area contributed by atoms with E-state index < -0.39 is 6.36 Å². The molecule has 1 heterocycles. The van der Waals surface area contributed by atoms with Crippen LogP contribution in [0.5, 0.6) is 5.75 Å². The number of para-hydroxylation sites is 1. The van der Waals surface area contributed by atoms with Gasteiger partial charge in [0.1, 0.15) is 11.6 Å². The fourth-order valence-corrected chi connectivity index (χ4v) is 4.45. The summed E-state index contributed by atoms with van der Waals surface area (Å²) < 4.78 is 41.9. The summed E-state index contributed by atoms with van der Waals surface area (Å²) in [6.07, 6.45) is 1.56. The second-order valence-corrected chi connectivity index (χ2v) is 9.67. The zero-order valence-corrected chi connectivity index (χ0v) is 21.5. The molecule has 2 aromatic carbocycles. The molecule has 190 valence electrons. The summed E-state index contributed by atoms with van der Waals surface area (Å²) in [4.78, 5) is 10.3. The van der Waals surface area contributed by atoms with Crippen molar-refractivity contribution in [1.82, 2.24) is 15.3 Å². The number of alkyl halides is 3. The second kappa shape index (κ2) is 12.4. The molecule has 0 amide bonds. The van der Waals surface area contributed by atoms with Crippen molar-refractivity contribution < 1.29 is 17.9 Å². The van der Waals surface area contributed by atoms with E-state index in [1.54, 1.807) is 12.1 Å². The Hall–Kier alpha value is -2.59. The Morgan fingerprint density at radius 2 is 1.80 bits per heavy atom. The van der Waals surface area contributed by atoms with Gasteiger partial charge in [-0.3, -0.25) is 0 Å². The molecule has 1 saturated carbocycles. The van der Waals surface area contributed by atoms with Gasteiger partial charge in [0.05, 0.1) is 5.52 Å². The van der Waals surface area contributed by atoms with Gasteiger partial charge in [-0.15, -0.1) is 13.2 Å². The Kier molecular flexibility index (Phi) is 9.56. The summed E-state index contributed by atoms with van der Waals surface area (Å²) in [6.45, 7) is 1.23. The lowest BCUT2D eigenvalue weighted by molar-refractivity contribution is -0.274. The third-order valence-electron chi connectivity index (χ3n) is 5.75. The minimum atomic E-state index is -4.67. The lowest BCUT2D eigenvalue weighted by atomic mass is 9.89. The summed E-state index contributed by atoms with van der Waals surface area (Å²) in [5, 5.41) is 4.27. The Balaban J connectivity index is 0.000000211. The Bertz CT molecular complexity index is 1100. The van der Waals surface area contributed by atoms with Gasteiger partial charge in [0.25, 0.3) is 0 Å². The Labute approximate surface area is 212 Å². The van der Waals surface area contributed by atoms with Gasteiger partial charge in [-0.05, 0) is 49.6 Å². The average molecular weight is 554 g/mol. The second-order valence-electron chi connectivity index (χ2n) is 8.75. The molecule has 1 aliphatic carbocycles. The Morgan fingerprint density at radius 1 is 1.09 bits per heavy atom. The number of rotatable bonds is 6. The minimum Gasteiger partial charge on any atom is -0.405 e. The molecule has 3 N–H and O–H groups in total. The molecular weight excluding hydrogens is 523 g/mol. The topological polar surface area (TPSA) is 76.3 Å². The van der Waals surface area contributed by atoms with E-state index in [-0.39, 0.29) is 5.75 Å². The lowest BCUT2D eigenvalue weighted by Gasteiger charge is -2.22. The van der Waals surface area contributed by atoms with Crippen molar-refractivity contribution in [3.63, 3.8) is 0 Å². The standard InChI is InChI=1S/C15H19BrF3NO.C10H12N4/c16-13-7-6-12(14(8-13)21-15(17,18)19)10-20-9-11-4-2-1-3-5-11;1-14(2)9-7-5-3-4-6-8(7)12-10(11)13-9/h6-8,11,20H,1-5,9-10H2;3-6H,1-2H3,(H2,11,12,13). The number of aromatic nitrogens is 2. The fraction of sp³-hybridized carbons (Fsp3) is 0.440. The summed E-state index contributed by atoms with van der Waals surface area (Å²) in [5.74, 6) is 1.66. The van der Waals surface area contributed by atoms with E-state index in [4.69, 9.17) is 5.73 Å². The van der Waals surface area contributed by atoms with E-state index >= 15 is 0 Å². The average Bonchev–Trinajstić information content (AvgIpc) is 2.80. The van der Waals surface area contributed by atoms with Gasteiger partial charge in [-0.2, -0.15) is 4.98 Å². The summed E-state index contributed by atoms with van der Waals surface area (Å²) >= 11 is 3.17. The molecule has 0 aliphatic heterocycles. The number of ether oxygens (including phenoxy) is 1. The fourth-order valence-electron chi connectivity index (χ4n) is 4.11. The highest BCUT2D eigenvalue weighted by molar-refractivity contribution is 9.10. The molecule has 35 heavy (non-hydrogen) atoms. The van der Waals surface area contributed by atoms with Crippen LogP contribution in [0.1, 0.15) is 37.7 Å². The zero-order chi connectivity index (χ0) is 25.4. The molecule has 10 heteroatoms. The number of nitrogens with zero attached hydrogens (tertiary/aromatic N) is 3. The quantitative estimate of drug-likeness (QED) is 0.373. The van der Waals surface area contributed by atoms with E-state index in [0.29, 0.717) is 28.4 Å². The van der Waals surface area contributed by atoms with E-state index in [2.05, 4.69) is 36.0 Å². The summed E-state index contributed by atoms with van der Waals surface area (Å²) in [7, 11) is 3.88. The lowest BCUT2D eigenvalue weighted by Crippen LogP contribution is -2.25. The van der Waals surface area contributed by atoms with Gasteiger partial charge < -0.3 is 20.7 Å². The van der Waals surface area contributed by atoms with Crippen LogP contribution < -0.4 is 20.7 Å². The molecule has 0 spiro atoms. The van der Waals surface area contributed by atoms with Gasteiger partial charge in [0.15, 0.2) is 0 Å². The normalized spacial score (nSPS) is 14.3. The van der Waals surface area contributed by atoms with Crippen LogP contribution >= 0.6 is 15.9 Å². The van der Waals surface area contributed by atoms with Crippen molar-refractivity contribution in [2.45, 2.75) is 45.0 Å². The SMILES string of the molecule is CN(C)c1nc(N)nc2ccccc12.FC(F)(F)Oc1cc(Br)ccc1CNCC1CCCCC1. The van der Waals surface area contributed by atoms with Crippen molar-refractivity contribution in [1.29, 1.82) is 0 Å². The summed E-state index contributed by atoms with van der Waals surface area (Å²) in [6, 6.07) is 12.6. The van der Waals surface area contributed by atoms with Crippen LogP contribution in [-0.2, 0) is 6.54 Å². The maximum Gasteiger partial charge on any atom is 0.573 e. The third-order valence-corrected chi connectivity index (χ3v) is 6.25. The molecule has 1 aromatic heterocycles. The molecule has 1 aliphatic rings. The zero-order valence-electron chi connectivity index (χ0n) is 19.9. The van der Waals surface area contributed by atoms with Crippen molar-refractivity contribution in [2.24, 2.45) is 5.92 Å². The smallest absolute Gasteiger partial charge is 0.405 e. The maximum absolute atomic E-state index is 12.4. The highest BCUT2D eigenvalue weighted by Gasteiger charge is 2.32. The molecule has 1 fully saturated rings. The molecule has 0 atom stereocenters. The largest absolute Gasteiger partial charge is 0.573 e. The van der Waals surface area contributed by atoms with Gasteiger partial charge in [-0.25, -0.2) is 4.98 Å². The number of fused-ring (bicyclic) bond motifs is 1. The first-order valence-corrected chi connectivity index (χ1v) is 12.4. The number of hydrogen-bond acceptors (Lipinski definition) is 6. The predicted molar refractivity (Wildman–Crippen MR) is 137 cm³/mol. The number of nitrogens with two attached hydrogens (primary N) is 1. The van der Waals surface area contributed by atoms with E-state index in [1.807, 2.05) is 43.3 Å². The van der Waals surface area contributed by atoms with Crippen molar-refractivity contribution >= 4 is 38.6 Å². The number of nitrogens with one attached hydrogen (secondary N) is 1. The first-order valence-electron chi connectivity index (χ1n) is 11.6. The van der Waals surface area contributed by atoms with Gasteiger partial charge in [0, 0.05) is 36.1 Å². The molecule has 0 unspecified atom stereocenters. The van der Waals surface area contributed by atoms with Crippen LogP contribution in [0.25, 0.3) is 10.9 Å². The third kappa shape index (κ3) is 8.54. The number of benzene rings is 2.